The van der Waals surface area contributed by atoms with E-state index in [2.05, 4.69) is 14.9 Å². The van der Waals surface area contributed by atoms with E-state index in [4.69, 9.17) is 0 Å². The maximum atomic E-state index is 13.2. The van der Waals surface area contributed by atoms with Crippen molar-refractivity contribution in [2.24, 2.45) is 0 Å². The molecule has 0 unspecified atom stereocenters. The number of rotatable bonds is 4. The normalized spacial score (nSPS) is 12.4. The first-order valence-corrected chi connectivity index (χ1v) is 9.56. The molecule has 0 aliphatic carbocycles. The fourth-order valence-corrected chi connectivity index (χ4v) is 3.82. The number of aromatic nitrogens is 3. The van der Waals surface area contributed by atoms with Gasteiger partial charge in [0.2, 0.25) is 0 Å². The van der Waals surface area contributed by atoms with Crippen molar-refractivity contribution >= 4 is 20.9 Å². The van der Waals surface area contributed by atoms with Gasteiger partial charge in [-0.25, -0.2) is 0 Å². The summed E-state index contributed by atoms with van der Waals surface area (Å²) in [5.41, 5.74) is -0.160. The zero-order valence-electron chi connectivity index (χ0n) is 14.1. The Morgan fingerprint density at radius 2 is 1.68 bits per heavy atom. The Morgan fingerprint density at radius 1 is 1.00 bits per heavy atom. The highest BCUT2D eigenvalue weighted by atomic mass is 32.2. The maximum Gasteiger partial charge on any atom is 0.435 e. The highest BCUT2D eigenvalue weighted by molar-refractivity contribution is 7.92. The molecule has 0 radical (unpaired) electrons. The van der Waals surface area contributed by atoms with E-state index < -0.39 is 21.9 Å². The van der Waals surface area contributed by atoms with Gasteiger partial charge in [0.15, 0.2) is 5.69 Å². The molecule has 0 spiro atoms. The van der Waals surface area contributed by atoms with Crippen LogP contribution in [0.2, 0.25) is 0 Å². The molecule has 0 aliphatic rings. The van der Waals surface area contributed by atoms with E-state index in [0.717, 1.165) is 6.07 Å². The SMILES string of the molecule is O=S(=O)(Nn1nc(C(F)(F)F)cc1-c1c[nH]c2ccccc12)c1ccccc1. The molecule has 0 saturated heterocycles. The largest absolute Gasteiger partial charge is 0.435 e. The van der Waals surface area contributed by atoms with Gasteiger partial charge in [-0.3, -0.25) is 0 Å². The monoisotopic (exact) mass is 406 g/mol. The van der Waals surface area contributed by atoms with Crippen LogP contribution < -0.4 is 4.83 Å². The van der Waals surface area contributed by atoms with Crippen molar-refractivity contribution in [1.29, 1.82) is 0 Å². The first-order valence-electron chi connectivity index (χ1n) is 8.07. The number of H-pyrrole nitrogens is 1. The number of nitrogens with one attached hydrogen (secondary N) is 2. The van der Waals surface area contributed by atoms with Gasteiger partial charge in [0.25, 0.3) is 10.0 Å². The Kier molecular flexibility index (Phi) is 4.15. The van der Waals surface area contributed by atoms with Crippen LogP contribution >= 0.6 is 0 Å². The van der Waals surface area contributed by atoms with Gasteiger partial charge in [0, 0.05) is 22.7 Å². The molecular weight excluding hydrogens is 393 g/mol. The average Bonchev–Trinajstić information content (AvgIpc) is 3.26. The molecule has 0 atom stereocenters. The van der Waals surface area contributed by atoms with Crippen molar-refractivity contribution < 1.29 is 21.6 Å². The molecule has 2 aromatic carbocycles. The summed E-state index contributed by atoms with van der Waals surface area (Å²) in [6, 6.07) is 15.1. The lowest BCUT2D eigenvalue weighted by molar-refractivity contribution is -0.141. The van der Waals surface area contributed by atoms with Crippen LogP contribution in [0.4, 0.5) is 13.2 Å². The smallest absolute Gasteiger partial charge is 0.360 e. The van der Waals surface area contributed by atoms with E-state index in [1.807, 2.05) is 0 Å². The minimum Gasteiger partial charge on any atom is -0.360 e. The van der Waals surface area contributed by atoms with Gasteiger partial charge in [-0.05, 0) is 24.3 Å². The highest BCUT2D eigenvalue weighted by Crippen LogP contribution is 2.34. The predicted octanol–water partition coefficient (Wildman–Crippen LogP) is 3.98. The highest BCUT2D eigenvalue weighted by Gasteiger charge is 2.36. The van der Waals surface area contributed by atoms with Crippen molar-refractivity contribution in [3.63, 3.8) is 0 Å². The van der Waals surface area contributed by atoms with Gasteiger partial charge >= 0.3 is 6.18 Å². The molecule has 4 aromatic rings. The third-order valence-electron chi connectivity index (χ3n) is 4.13. The second-order valence-electron chi connectivity index (χ2n) is 5.98. The number of hydrogen-bond acceptors (Lipinski definition) is 3. The van der Waals surface area contributed by atoms with Gasteiger partial charge in [-0.2, -0.15) is 31.2 Å². The Hall–Kier alpha value is -3.27. The number of halogens is 3. The molecule has 2 heterocycles. The minimum absolute atomic E-state index is 0.0377. The minimum atomic E-state index is -4.73. The molecule has 0 fully saturated rings. The van der Waals surface area contributed by atoms with Crippen LogP contribution in [0, 0.1) is 0 Å². The Labute approximate surface area is 157 Å². The standard InChI is InChI=1S/C18H13F3N4O2S/c19-18(20,21)17-10-16(14-11-22-15-9-5-4-8-13(14)15)25(23-17)24-28(26,27)12-6-2-1-3-7-12/h1-11,22,24H. The number of hydrogen-bond donors (Lipinski definition) is 2. The van der Waals surface area contributed by atoms with Crippen molar-refractivity contribution in [2.45, 2.75) is 11.1 Å². The van der Waals surface area contributed by atoms with Crippen molar-refractivity contribution in [2.75, 3.05) is 4.83 Å². The van der Waals surface area contributed by atoms with Crippen LogP contribution in [0.3, 0.4) is 0 Å². The van der Waals surface area contributed by atoms with E-state index in [1.165, 1.54) is 30.5 Å². The zero-order valence-corrected chi connectivity index (χ0v) is 14.9. The summed E-state index contributed by atoms with van der Waals surface area (Å²) in [5.74, 6) is 0. The number of benzene rings is 2. The van der Waals surface area contributed by atoms with Crippen molar-refractivity contribution in [1.82, 2.24) is 14.9 Å². The Balaban J connectivity index is 1.86. The first kappa shape index (κ1) is 18.1. The summed E-state index contributed by atoms with van der Waals surface area (Å²) < 4.78 is 64.9. The lowest BCUT2D eigenvalue weighted by Crippen LogP contribution is -2.25. The summed E-state index contributed by atoms with van der Waals surface area (Å²) in [6.07, 6.45) is -3.22. The molecule has 0 amide bonds. The Bertz CT molecular complexity index is 1240. The maximum absolute atomic E-state index is 13.2. The fourth-order valence-electron chi connectivity index (χ4n) is 2.83. The summed E-state index contributed by atoms with van der Waals surface area (Å²) in [5, 5.41) is 4.08. The van der Waals surface area contributed by atoms with E-state index in [1.54, 1.807) is 30.3 Å². The molecule has 6 nitrogen and oxygen atoms in total. The number of para-hydroxylation sites is 1. The summed E-state index contributed by atoms with van der Waals surface area (Å²) in [7, 11) is -4.14. The fraction of sp³-hybridized carbons (Fsp3) is 0.0556. The summed E-state index contributed by atoms with van der Waals surface area (Å²) in [6.45, 7) is 0. The molecule has 0 bridgehead atoms. The van der Waals surface area contributed by atoms with E-state index >= 15 is 0 Å². The molecule has 4 rings (SSSR count). The lowest BCUT2D eigenvalue weighted by Gasteiger charge is -2.11. The number of sulfonamides is 1. The second-order valence-corrected chi connectivity index (χ2v) is 7.64. The molecule has 10 heteroatoms. The van der Waals surface area contributed by atoms with Crippen LogP contribution in [0.1, 0.15) is 5.69 Å². The van der Waals surface area contributed by atoms with Gasteiger partial charge in [-0.1, -0.05) is 36.4 Å². The number of aromatic amines is 1. The molecular formula is C18H13F3N4O2S. The third-order valence-corrected chi connectivity index (χ3v) is 5.43. The summed E-state index contributed by atoms with van der Waals surface area (Å²) in [4.78, 5) is 5.62. The van der Waals surface area contributed by atoms with Crippen LogP contribution in [0.5, 0.6) is 0 Å². The molecule has 2 aromatic heterocycles. The average molecular weight is 406 g/mol. The van der Waals surface area contributed by atoms with Gasteiger partial charge in [0.1, 0.15) is 0 Å². The lowest BCUT2D eigenvalue weighted by atomic mass is 10.1. The molecule has 144 valence electrons. The number of nitrogens with zero attached hydrogens (tertiary/aromatic N) is 2. The van der Waals surface area contributed by atoms with Gasteiger partial charge in [0.05, 0.1) is 10.6 Å². The summed E-state index contributed by atoms with van der Waals surface area (Å²) >= 11 is 0. The van der Waals surface area contributed by atoms with E-state index in [-0.39, 0.29) is 10.6 Å². The van der Waals surface area contributed by atoms with Crippen LogP contribution in [0.25, 0.3) is 22.2 Å². The molecule has 28 heavy (non-hydrogen) atoms. The van der Waals surface area contributed by atoms with Crippen LogP contribution in [-0.2, 0) is 16.2 Å². The number of alkyl halides is 3. The van der Waals surface area contributed by atoms with Gasteiger partial charge in [-0.15, -0.1) is 5.10 Å². The van der Waals surface area contributed by atoms with Crippen LogP contribution in [-0.4, -0.2) is 23.3 Å². The van der Waals surface area contributed by atoms with Crippen molar-refractivity contribution in [3.05, 3.63) is 72.6 Å². The quantitative estimate of drug-likeness (QED) is 0.538. The topological polar surface area (TPSA) is 79.8 Å². The second kappa shape index (κ2) is 6.41. The molecule has 2 N–H and O–H groups in total. The molecule has 0 saturated carbocycles. The number of fused-ring (bicyclic) bond motifs is 1. The van der Waals surface area contributed by atoms with Crippen LogP contribution in [0.15, 0.2) is 71.8 Å². The molecule has 0 aliphatic heterocycles. The van der Waals surface area contributed by atoms with Crippen molar-refractivity contribution in [3.8, 4) is 11.3 Å². The van der Waals surface area contributed by atoms with Gasteiger partial charge < -0.3 is 4.98 Å². The first-order chi connectivity index (χ1) is 13.3. The van der Waals surface area contributed by atoms with E-state index in [0.29, 0.717) is 21.3 Å². The third kappa shape index (κ3) is 3.22. The zero-order chi connectivity index (χ0) is 19.9. The predicted molar refractivity (Wildman–Crippen MR) is 97.5 cm³/mol. The Morgan fingerprint density at radius 3 is 2.39 bits per heavy atom. The van der Waals surface area contributed by atoms with E-state index in [9.17, 15) is 21.6 Å².